The molecule has 310 valence electrons. The molecular formula is C52H49NO2S6. The number of thiophene rings is 6. The molecule has 3 nitrogen and oxygen atoms in total. The van der Waals surface area contributed by atoms with E-state index in [-0.39, 0.29) is 17.7 Å². The third-order valence-electron chi connectivity index (χ3n) is 12.8. The van der Waals surface area contributed by atoms with Crippen molar-refractivity contribution in [3.05, 3.63) is 138 Å². The average molecular weight is 912 g/mol. The number of nitrogens with zero attached hydrogens (tertiary/aromatic N) is 1. The summed E-state index contributed by atoms with van der Waals surface area (Å²) in [6.45, 7) is 11.5. The zero-order valence-electron chi connectivity index (χ0n) is 35.3. The summed E-state index contributed by atoms with van der Waals surface area (Å²) >= 11 is 11.2. The van der Waals surface area contributed by atoms with Gasteiger partial charge in [-0.3, -0.25) is 4.79 Å². The highest BCUT2D eigenvalue weighted by Gasteiger charge is 2.40. The van der Waals surface area contributed by atoms with Gasteiger partial charge in [-0.05, 0) is 66.8 Å². The fourth-order valence-corrected chi connectivity index (χ4v) is 17.1. The number of benzene rings is 3. The summed E-state index contributed by atoms with van der Waals surface area (Å²) in [7, 11) is 1.71. The lowest BCUT2D eigenvalue weighted by Gasteiger charge is -2.16. The number of amides is 1. The first-order valence-corrected chi connectivity index (χ1v) is 26.4. The van der Waals surface area contributed by atoms with Crippen LogP contribution in [-0.2, 0) is 6.42 Å². The standard InChI is InChI=1S/C52H49NO2S6/c1-7-9-16-31(8-2)25-34-22-24-38(57-34)42-36-27-40(48-49-43(44-50(61-49)52(55)53(6)51(44)54)45(60-48)30(5)33-19-14-11-15-20-33)59-47(36)41(37-23-21-28(3)56-37)35-26-39(58-46(35)42)29(4)32-17-12-10-13-18-32/h10-15,17-24,26-27,29-31,51,54H,7-9,16,25H2,1-6H3. The maximum absolute atomic E-state index is 13.6. The van der Waals surface area contributed by atoms with Crippen molar-refractivity contribution in [2.75, 3.05) is 7.05 Å². The molecule has 0 fully saturated rings. The van der Waals surface area contributed by atoms with Crippen molar-refractivity contribution in [2.24, 2.45) is 5.92 Å². The fourth-order valence-electron chi connectivity index (χ4n) is 9.21. The van der Waals surface area contributed by atoms with Gasteiger partial charge in [-0.2, -0.15) is 0 Å². The number of aryl methyl sites for hydroxylation is 1. The number of hydrogen-bond acceptors (Lipinski definition) is 8. The van der Waals surface area contributed by atoms with Crippen LogP contribution in [0.25, 0.3) is 60.9 Å². The molecule has 10 rings (SSSR count). The van der Waals surface area contributed by atoms with Crippen molar-refractivity contribution in [1.82, 2.24) is 4.90 Å². The molecule has 9 aromatic rings. The molecule has 3 aromatic carbocycles. The minimum absolute atomic E-state index is 0.0909. The smallest absolute Gasteiger partial charge is 0.266 e. The highest BCUT2D eigenvalue weighted by Crippen LogP contribution is 2.58. The van der Waals surface area contributed by atoms with E-state index < -0.39 is 6.23 Å². The number of aliphatic hydroxyl groups excluding tert-OH is 1. The van der Waals surface area contributed by atoms with Crippen LogP contribution >= 0.6 is 68.0 Å². The Morgan fingerprint density at radius 3 is 2.02 bits per heavy atom. The van der Waals surface area contributed by atoms with E-state index >= 15 is 0 Å². The molecule has 61 heavy (non-hydrogen) atoms. The van der Waals surface area contributed by atoms with E-state index in [9.17, 15) is 9.90 Å². The third kappa shape index (κ3) is 7.09. The van der Waals surface area contributed by atoms with Crippen molar-refractivity contribution in [3.8, 4) is 30.6 Å². The van der Waals surface area contributed by atoms with Crippen LogP contribution in [0.3, 0.4) is 0 Å². The quantitative estimate of drug-likeness (QED) is 0.125. The number of carbonyl (C=O) groups excluding carboxylic acids is 1. The summed E-state index contributed by atoms with van der Waals surface area (Å²) in [6.07, 6.45) is 5.20. The molecule has 4 atom stereocenters. The number of carbonyl (C=O) groups is 1. The lowest BCUT2D eigenvalue weighted by Crippen LogP contribution is -2.22. The van der Waals surface area contributed by atoms with Gasteiger partial charge in [0, 0.05) is 95.3 Å². The highest BCUT2D eigenvalue weighted by molar-refractivity contribution is 7.32. The van der Waals surface area contributed by atoms with E-state index in [1.807, 2.05) is 56.7 Å². The third-order valence-corrected chi connectivity index (χ3v) is 20.3. The van der Waals surface area contributed by atoms with E-state index in [4.69, 9.17) is 0 Å². The van der Waals surface area contributed by atoms with Crippen molar-refractivity contribution in [3.63, 3.8) is 0 Å². The van der Waals surface area contributed by atoms with Crippen LogP contribution in [0.1, 0.15) is 117 Å². The Morgan fingerprint density at radius 2 is 1.34 bits per heavy atom. The van der Waals surface area contributed by atoms with Gasteiger partial charge in [-0.1, -0.05) is 114 Å². The van der Waals surface area contributed by atoms with Gasteiger partial charge in [0.15, 0.2) is 6.23 Å². The zero-order chi connectivity index (χ0) is 42.1. The van der Waals surface area contributed by atoms with Gasteiger partial charge in [0.2, 0.25) is 0 Å². The van der Waals surface area contributed by atoms with Gasteiger partial charge in [0.05, 0.1) is 9.58 Å². The van der Waals surface area contributed by atoms with E-state index in [0.717, 1.165) is 22.1 Å². The summed E-state index contributed by atoms with van der Waals surface area (Å²) < 4.78 is 3.80. The summed E-state index contributed by atoms with van der Waals surface area (Å²) in [5.41, 5.74) is 6.03. The van der Waals surface area contributed by atoms with Gasteiger partial charge in [0.1, 0.15) is 4.88 Å². The number of fused-ring (bicyclic) bond motifs is 5. The summed E-state index contributed by atoms with van der Waals surface area (Å²) in [5, 5.41) is 15.3. The molecule has 1 N–H and O–H groups in total. The topological polar surface area (TPSA) is 40.5 Å². The van der Waals surface area contributed by atoms with Gasteiger partial charge in [-0.15, -0.1) is 68.0 Å². The second-order valence-electron chi connectivity index (χ2n) is 16.7. The van der Waals surface area contributed by atoms with Crippen LogP contribution in [0.15, 0.2) is 97.1 Å². The first-order chi connectivity index (χ1) is 29.6. The SMILES string of the molecule is CCCCC(CC)Cc1ccc(-c2c3cc(-c4sc(C(C)c5ccccc5)c5c6c(sc45)C(=O)N(C)C6O)sc3c(-c3ccc(C)s3)c3cc(C(C)c4ccccc4)sc23)s1. The number of aliphatic hydroxyl groups is 1. The highest BCUT2D eigenvalue weighted by atomic mass is 32.1. The van der Waals surface area contributed by atoms with Crippen molar-refractivity contribution in [2.45, 2.75) is 84.8 Å². The summed E-state index contributed by atoms with van der Waals surface area (Å²) in [5.74, 6) is 0.965. The average Bonchev–Trinajstić information content (AvgIpc) is 4.16. The van der Waals surface area contributed by atoms with E-state index in [1.165, 1.54) is 112 Å². The second-order valence-corrected chi connectivity index (χ2v) is 23.4. The molecule has 1 aliphatic rings. The monoisotopic (exact) mass is 911 g/mol. The molecule has 0 aliphatic carbocycles. The van der Waals surface area contributed by atoms with Crippen LogP contribution in [0, 0.1) is 12.8 Å². The molecule has 0 bridgehead atoms. The molecule has 0 saturated carbocycles. The first kappa shape index (κ1) is 41.1. The molecule has 7 heterocycles. The number of unbranched alkanes of at least 4 members (excludes halogenated alkanes) is 1. The van der Waals surface area contributed by atoms with Crippen LogP contribution in [0.5, 0.6) is 0 Å². The Balaban J connectivity index is 1.24. The fraction of sp³-hybridized carbons (Fsp3) is 0.288. The van der Waals surface area contributed by atoms with Crippen molar-refractivity contribution >= 4 is 104 Å². The molecule has 0 spiro atoms. The molecule has 4 unspecified atom stereocenters. The van der Waals surface area contributed by atoms with Crippen LogP contribution in [-0.4, -0.2) is 23.0 Å². The van der Waals surface area contributed by atoms with E-state index in [2.05, 4.69) is 132 Å². The Hall–Kier alpha value is -3.93. The zero-order valence-corrected chi connectivity index (χ0v) is 40.2. The minimum atomic E-state index is -0.954. The Bertz CT molecular complexity index is 3050. The maximum Gasteiger partial charge on any atom is 0.266 e. The second kappa shape index (κ2) is 16.6. The van der Waals surface area contributed by atoms with E-state index in [0.29, 0.717) is 10.8 Å². The predicted octanol–water partition coefficient (Wildman–Crippen LogP) is 17.0. The molecule has 1 aliphatic heterocycles. The lowest BCUT2D eigenvalue weighted by molar-refractivity contribution is 0.0307. The number of hydrogen-bond donors (Lipinski definition) is 1. The molecule has 6 aromatic heterocycles. The lowest BCUT2D eigenvalue weighted by atomic mass is 9.95. The van der Waals surface area contributed by atoms with Crippen LogP contribution in [0.4, 0.5) is 0 Å². The first-order valence-electron chi connectivity index (χ1n) is 21.5. The Morgan fingerprint density at radius 1 is 0.689 bits per heavy atom. The predicted molar refractivity (Wildman–Crippen MR) is 269 cm³/mol. The van der Waals surface area contributed by atoms with Gasteiger partial charge in [-0.25, -0.2) is 0 Å². The minimum Gasteiger partial charge on any atom is -0.369 e. The Kier molecular flexibility index (Phi) is 11.2. The van der Waals surface area contributed by atoms with E-state index in [1.54, 1.807) is 18.4 Å². The molecule has 9 heteroatoms. The van der Waals surface area contributed by atoms with Crippen LogP contribution < -0.4 is 0 Å². The summed E-state index contributed by atoms with van der Waals surface area (Å²) in [4.78, 5) is 26.2. The van der Waals surface area contributed by atoms with Gasteiger partial charge < -0.3 is 10.0 Å². The molecular weight excluding hydrogens is 863 g/mol. The molecule has 1 amide bonds. The largest absolute Gasteiger partial charge is 0.369 e. The molecule has 0 radical (unpaired) electrons. The van der Waals surface area contributed by atoms with Crippen molar-refractivity contribution < 1.29 is 9.90 Å². The summed E-state index contributed by atoms with van der Waals surface area (Å²) in [6, 6.07) is 36.0. The normalized spacial score (nSPS) is 15.8. The van der Waals surface area contributed by atoms with Crippen molar-refractivity contribution in [1.29, 1.82) is 0 Å². The van der Waals surface area contributed by atoms with Gasteiger partial charge in [0.25, 0.3) is 5.91 Å². The Labute approximate surface area is 382 Å². The van der Waals surface area contributed by atoms with Crippen LogP contribution in [0.2, 0.25) is 0 Å². The maximum atomic E-state index is 13.6. The van der Waals surface area contributed by atoms with Gasteiger partial charge >= 0.3 is 0 Å². The molecule has 0 saturated heterocycles. The number of rotatable bonds is 13.